The predicted molar refractivity (Wildman–Crippen MR) is 78.1 cm³/mol. The number of methoxy groups -OCH3 is 1. The van der Waals surface area contributed by atoms with Crippen LogP contribution in [0.5, 0.6) is 0 Å². The smallest absolute Gasteiger partial charge is 0.241 e. The number of rotatable bonds is 7. The summed E-state index contributed by atoms with van der Waals surface area (Å²) in [5.41, 5.74) is 7.04. The van der Waals surface area contributed by atoms with Gasteiger partial charge in [-0.1, -0.05) is 0 Å². The second kappa shape index (κ2) is 7.76. The molecule has 0 aliphatic rings. The summed E-state index contributed by atoms with van der Waals surface area (Å²) in [4.78, 5) is 14.1. The topological polar surface area (TPSA) is 67.6 Å². The van der Waals surface area contributed by atoms with Gasteiger partial charge in [-0.25, -0.2) is 0 Å². The third-order valence-corrected chi connectivity index (χ3v) is 3.08. The van der Waals surface area contributed by atoms with Crippen molar-refractivity contribution in [2.45, 2.75) is 19.4 Å². The number of likely N-dealkylation sites (N-methyl/N-ethyl adjacent to an activating group) is 1. The van der Waals surface area contributed by atoms with Crippen molar-refractivity contribution >= 4 is 17.3 Å². The molecule has 19 heavy (non-hydrogen) atoms. The van der Waals surface area contributed by atoms with E-state index in [-0.39, 0.29) is 11.9 Å². The van der Waals surface area contributed by atoms with Crippen LogP contribution in [0, 0.1) is 0 Å². The average molecular weight is 265 g/mol. The van der Waals surface area contributed by atoms with E-state index in [1.807, 2.05) is 18.9 Å². The van der Waals surface area contributed by atoms with Crippen LogP contribution in [0.4, 0.5) is 11.4 Å². The van der Waals surface area contributed by atoms with Crippen molar-refractivity contribution in [1.82, 2.24) is 4.90 Å². The molecule has 3 N–H and O–H groups in total. The Kier molecular flexibility index (Phi) is 6.32. The van der Waals surface area contributed by atoms with Crippen molar-refractivity contribution in [1.29, 1.82) is 0 Å². The lowest BCUT2D eigenvalue weighted by Gasteiger charge is -2.23. The highest BCUT2D eigenvalue weighted by Crippen LogP contribution is 2.11. The van der Waals surface area contributed by atoms with E-state index < -0.39 is 0 Å². The number of nitrogen functional groups attached to an aromatic ring is 1. The van der Waals surface area contributed by atoms with E-state index in [1.165, 1.54) is 0 Å². The second-order valence-corrected chi connectivity index (χ2v) is 4.61. The fourth-order valence-electron chi connectivity index (χ4n) is 1.67. The van der Waals surface area contributed by atoms with Crippen LogP contribution in [0.3, 0.4) is 0 Å². The molecule has 0 aliphatic heterocycles. The lowest BCUT2D eigenvalue weighted by molar-refractivity contribution is -0.120. The Hall–Kier alpha value is -1.59. The fraction of sp³-hybridized carbons (Fsp3) is 0.500. The molecule has 1 rings (SSSR count). The Labute approximate surface area is 114 Å². The molecule has 0 saturated heterocycles. The van der Waals surface area contributed by atoms with Gasteiger partial charge in [-0.15, -0.1) is 0 Å². The minimum Gasteiger partial charge on any atom is -0.399 e. The van der Waals surface area contributed by atoms with Crippen molar-refractivity contribution in [3.63, 3.8) is 0 Å². The summed E-state index contributed by atoms with van der Waals surface area (Å²) in [5, 5.41) is 2.87. The molecule has 0 heterocycles. The number of amides is 1. The first-order valence-electron chi connectivity index (χ1n) is 6.40. The van der Waals surface area contributed by atoms with Crippen molar-refractivity contribution in [3.8, 4) is 0 Å². The number of nitrogens with zero attached hydrogens (tertiary/aromatic N) is 1. The third-order valence-electron chi connectivity index (χ3n) is 3.08. The molecule has 1 aromatic carbocycles. The zero-order chi connectivity index (χ0) is 14.3. The maximum absolute atomic E-state index is 12.1. The van der Waals surface area contributed by atoms with Crippen LogP contribution < -0.4 is 11.1 Å². The molecule has 1 amide bonds. The molecule has 1 atom stereocenters. The molecule has 0 fully saturated rings. The van der Waals surface area contributed by atoms with Crippen LogP contribution in [-0.4, -0.2) is 44.2 Å². The number of anilines is 2. The first-order valence-corrected chi connectivity index (χ1v) is 6.40. The number of carbonyl (C=O) groups excluding carboxylic acids is 1. The van der Waals surface area contributed by atoms with Crippen LogP contribution in [0.15, 0.2) is 24.3 Å². The van der Waals surface area contributed by atoms with Crippen molar-refractivity contribution < 1.29 is 9.53 Å². The van der Waals surface area contributed by atoms with Crippen LogP contribution in [-0.2, 0) is 9.53 Å². The number of nitrogens with two attached hydrogens (primary N) is 1. The van der Waals surface area contributed by atoms with Gasteiger partial charge in [0.25, 0.3) is 0 Å². The summed E-state index contributed by atoms with van der Waals surface area (Å²) in [6.07, 6.45) is 0.909. The van der Waals surface area contributed by atoms with E-state index in [2.05, 4.69) is 5.32 Å². The van der Waals surface area contributed by atoms with Crippen molar-refractivity contribution in [2.75, 3.05) is 38.4 Å². The van der Waals surface area contributed by atoms with E-state index in [4.69, 9.17) is 10.5 Å². The van der Waals surface area contributed by atoms with Gasteiger partial charge in [0, 0.05) is 31.6 Å². The molecule has 5 nitrogen and oxygen atoms in total. The van der Waals surface area contributed by atoms with Crippen LogP contribution in [0.1, 0.15) is 13.3 Å². The highest BCUT2D eigenvalue weighted by molar-refractivity contribution is 5.94. The molecule has 0 saturated carbocycles. The number of benzene rings is 1. The third kappa shape index (κ3) is 5.28. The maximum atomic E-state index is 12.1. The predicted octanol–water partition coefficient (Wildman–Crippen LogP) is 1.56. The quantitative estimate of drug-likeness (QED) is 0.580. The number of hydrogen-bond acceptors (Lipinski definition) is 4. The summed E-state index contributed by atoms with van der Waals surface area (Å²) >= 11 is 0. The first-order chi connectivity index (χ1) is 9.04. The SMILES string of the molecule is COCCCN(C)C(C)C(=O)Nc1ccc(N)cc1. The maximum Gasteiger partial charge on any atom is 0.241 e. The first kappa shape index (κ1) is 15.5. The van der Waals surface area contributed by atoms with Gasteiger partial charge in [0.05, 0.1) is 6.04 Å². The molecular weight excluding hydrogens is 242 g/mol. The van der Waals surface area contributed by atoms with Gasteiger partial charge < -0.3 is 15.8 Å². The minimum absolute atomic E-state index is 0.0234. The van der Waals surface area contributed by atoms with Crippen LogP contribution in [0.2, 0.25) is 0 Å². The highest BCUT2D eigenvalue weighted by atomic mass is 16.5. The summed E-state index contributed by atoms with van der Waals surface area (Å²) in [7, 11) is 3.61. The standard InChI is InChI=1S/C14H23N3O2/c1-11(17(2)9-4-10-19-3)14(18)16-13-7-5-12(15)6-8-13/h5-8,11H,4,9-10,15H2,1-3H3,(H,16,18). The van der Waals surface area contributed by atoms with Crippen molar-refractivity contribution in [2.24, 2.45) is 0 Å². The molecular formula is C14H23N3O2. The lowest BCUT2D eigenvalue weighted by atomic mass is 10.2. The van der Waals surface area contributed by atoms with Gasteiger partial charge in [0.2, 0.25) is 5.91 Å². The normalized spacial score (nSPS) is 12.4. The van der Waals surface area contributed by atoms with Gasteiger partial charge in [-0.2, -0.15) is 0 Å². The molecule has 0 aliphatic carbocycles. The van der Waals surface area contributed by atoms with Gasteiger partial charge >= 0.3 is 0 Å². The molecule has 0 bridgehead atoms. The van der Waals surface area contributed by atoms with E-state index in [1.54, 1.807) is 31.4 Å². The molecule has 5 heteroatoms. The van der Waals surface area contributed by atoms with E-state index in [9.17, 15) is 4.79 Å². The Morgan fingerprint density at radius 3 is 2.63 bits per heavy atom. The zero-order valence-electron chi connectivity index (χ0n) is 11.8. The average Bonchev–Trinajstić information content (AvgIpc) is 2.40. The lowest BCUT2D eigenvalue weighted by Crippen LogP contribution is -2.40. The minimum atomic E-state index is -0.186. The van der Waals surface area contributed by atoms with E-state index in [0.29, 0.717) is 12.3 Å². The van der Waals surface area contributed by atoms with Gasteiger partial charge in [-0.05, 0) is 44.7 Å². The zero-order valence-corrected chi connectivity index (χ0v) is 11.8. The molecule has 0 radical (unpaired) electrons. The number of ether oxygens (including phenoxy) is 1. The largest absolute Gasteiger partial charge is 0.399 e. The van der Waals surface area contributed by atoms with Gasteiger partial charge in [-0.3, -0.25) is 9.69 Å². The number of nitrogens with one attached hydrogen (secondary N) is 1. The molecule has 0 aromatic heterocycles. The second-order valence-electron chi connectivity index (χ2n) is 4.61. The Morgan fingerprint density at radius 1 is 1.42 bits per heavy atom. The highest BCUT2D eigenvalue weighted by Gasteiger charge is 2.17. The van der Waals surface area contributed by atoms with Crippen molar-refractivity contribution in [3.05, 3.63) is 24.3 Å². The monoisotopic (exact) mass is 265 g/mol. The number of hydrogen-bond donors (Lipinski definition) is 2. The fourth-order valence-corrected chi connectivity index (χ4v) is 1.67. The van der Waals surface area contributed by atoms with Gasteiger partial charge in [0.1, 0.15) is 0 Å². The molecule has 1 unspecified atom stereocenters. The van der Waals surface area contributed by atoms with Gasteiger partial charge in [0.15, 0.2) is 0 Å². The van der Waals surface area contributed by atoms with E-state index >= 15 is 0 Å². The van der Waals surface area contributed by atoms with Crippen LogP contribution >= 0.6 is 0 Å². The Balaban J connectivity index is 2.45. The Morgan fingerprint density at radius 2 is 2.05 bits per heavy atom. The summed E-state index contributed by atoms with van der Waals surface area (Å²) in [5.74, 6) is -0.0234. The summed E-state index contributed by atoms with van der Waals surface area (Å²) in [6.45, 7) is 3.42. The Bertz CT molecular complexity index is 392. The van der Waals surface area contributed by atoms with Crippen LogP contribution in [0.25, 0.3) is 0 Å². The molecule has 0 spiro atoms. The molecule has 106 valence electrons. The summed E-state index contributed by atoms with van der Waals surface area (Å²) in [6, 6.07) is 6.94. The number of carbonyl (C=O) groups is 1. The van der Waals surface area contributed by atoms with E-state index in [0.717, 1.165) is 18.7 Å². The summed E-state index contributed by atoms with van der Waals surface area (Å²) < 4.78 is 5.00. The molecule has 1 aromatic rings.